The van der Waals surface area contributed by atoms with Crippen LogP contribution >= 0.6 is 11.8 Å². The Bertz CT molecular complexity index is 796. The van der Waals surface area contributed by atoms with Crippen LogP contribution in [0.4, 0.5) is 0 Å². The lowest BCUT2D eigenvalue weighted by molar-refractivity contribution is -0.138. The van der Waals surface area contributed by atoms with Crippen LogP contribution in [0.1, 0.15) is 11.3 Å². The summed E-state index contributed by atoms with van der Waals surface area (Å²) < 4.78 is 3.22. The van der Waals surface area contributed by atoms with Gasteiger partial charge >= 0.3 is 5.97 Å². The lowest BCUT2D eigenvalue weighted by Gasteiger charge is -1.99. The van der Waals surface area contributed by atoms with Crippen LogP contribution in [0.3, 0.4) is 0 Å². The lowest BCUT2D eigenvalue weighted by atomic mass is 10.3. The quantitative estimate of drug-likeness (QED) is 0.702. The first-order valence-corrected chi connectivity index (χ1v) is 7.16. The molecule has 0 unspecified atom stereocenters. The van der Waals surface area contributed by atoms with Gasteiger partial charge in [-0.2, -0.15) is 0 Å². The maximum atomic E-state index is 10.7. The second-order valence-corrected chi connectivity index (χ2v) is 5.40. The number of rotatable bonds is 5. The average molecular weight is 304 g/mol. The molecule has 1 N–H and O–H groups in total. The molecule has 0 spiro atoms. The zero-order valence-electron chi connectivity index (χ0n) is 11.2. The lowest BCUT2D eigenvalue weighted by Crippen LogP contribution is -2.11. The fourth-order valence-corrected chi connectivity index (χ4v) is 2.70. The summed E-state index contributed by atoms with van der Waals surface area (Å²) in [4.78, 5) is 15.3. The Hall–Kier alpha value is -2.42. The van der Waals surface area contributed by atoms with E-state index in [1.54, 1.807) is 0 Å². The molecule has 0 aliphatic carbocycles. The molecule has 3 aromatic heterocycles. The highest BCUT2D eigenvalue weighted by atomic mass is 32.2. The van der Waals surface area contributed by atoms with E-state index in [4.69, 9.17) is 5.11 Å². The van der Waals surface area contributed by atoms with Crippen molar-refractivity contribution in [1.29, 1.82) is 0 Å². The Morgan fingerprint density at radius 2 is 2.33 bits per heavy atom. The van der Waals surface area contributed by atoms with E-state index >= 15 is 0 Å². The number of aromatic nitrogens is 6. The van der Waals surface area contributed by atoms with Crippen LogP contribution in [0, 0.1) is 6.92 Å². The maximum Gasteiger partial charge on any atom is 0.325 e. The van der Waals surface area contributed by atoms with Crippen LogP contribution in [0.25, 0.3) is 5.65 Å². The highest BCUT2D eigenvalue weighted by Crippen LogP contribution is 2.20. The van der Waals surface area contributed by atoms with Gasteiger partial charge in [-0.1, -0.05) is 17.8 Å². The minimum atomic E-state index is -0.979. The minimum absolute atomic E-state index is 0.250. The van der Waals surface area contributed by atoms with Gasteiger partial charge in [-0.15, -0.1) is 5.10 Å². The molecule has 108 valence electrons. The van der Waals surface area contributed by atoms with Crippen molar-refractivity contribution in [3.05, 3.63) is 35.8 Å². The molecule has 0 saturated heterocycles. The van der Waals surface area contributed by atoms with Crippen LogP contribution in [0.15, 0.2) is 29.7 Å². The third-order valence-electron chi connectivity index (χ3n) is 2.86. The van der Waals surface area contributed by atoms with Crippen LogP contribution in [0.2, 0.25) is 0 Å². The molecule has 0 bridgehead atoms. The fourth-order valence-electron chi connectivity index (χ4n) is 1.94. The van der Waals surface area contributed by atoms with E-state index < -0.39 is 5.97 Å². The van der Waals surface area contributed by atoms with E-state index in [0.29, 0.717) is 10.9 Å². The first kappa shape index (κ1) is 13.6. The standard InChI is InChI=1S/C12H12N6O2S/c1-8-3-2-4-17-5-9(13-11(8)17)7-21-12-14-15-16-18(12)6-10(19)20/h2-5H,6-7H2,1H3,(H,19,20). The zero-order chi connectivity index (χ0) is 14.8. The normalized spacial score (nSPS) is 11.1. The number of hydrogen-bond donors (Lipinski definition) is 1. The van der Waals surface area contributed by atoms with E-state index in [9.17, 15) is 4.79 Å². The van der Waals surface area contributed by atoms with E-state index in [1.165, 1.54) is 16.4 Å². The smallest absolute Gasteiger partial charge is 0.325 e. The molecule has 3 aromatic rings. The fraction of sp³-hybridized carbons (Fsp3) is 0.250. The number of carboxylic acid groups (broad SMARTS) is 1. The molecule has 0 radical (unpaired) electrons. The highest BCUT2D eigenvalue weighted by molar-refractivity contribution is 7.98. The molecule has 0 amide bonds. The topological polar surface area (TPSA) is 98.2 Å². The van der Waals surface area contributed by atoms with Crippen molar-refractivity contribution in [2.45, 2.75) is 24.4 Å². The summed E-state index contributed by atoms with van der Waals surface area (Å²) in [5.74, 6) is -0.409. The van der Waals surface area contributed by atoms with Crippen molar-refractivity contribution in [2.24, 2.45) is 0 Å². The van der Waals surface area contributed by atoms with Crippen LogP contribution in [-0.2, 0) is 17.1 Å². The van der Waals surface area contributed by atoms with Crippen molar-refractivity contribution in [1.82, 2.24) is 29.6 Å². The van der Waals surface area contributed by atoms with Crippen LogP contribution in [-0.4, -0.2) is 40.7 Å². The summed E-state index contributed by atoms with van der Waals surface area (Å²) in [6.07, 6.45) is 3.89. The van der Waals surface area contributed by atoms with Gasteiger partial charge in [-0.05, 0) is 29.0 Å². The molecule has 3 rings (SSSR count). The van der Waals surface area contributed by atoms with E-state index in [-0.39, 0.29) is 6.54 Å². The molecule has 0 fully saturated rings. The number of hydrogen-bond acceptors (Lipinski definition) is 6. The molecular formula is C12H12N6O2S. The number of aryl methyl sites for hydroxylation is 1. The third kappa shape index (κ3) is 2.87. The van der Waals surface area contributed by atoms with Crippen LogP contribution < -0.4 is 0 Å². The number of aliphatic carboxylic acids is 1. The number of pyridine rings is 1. The number of nitrogens with zero attached hydrogens (tertiary/aromatic N) is 6. The van der Waals surface area contributed by atoms with Crippen molar-refractivity contribution in [3.63, 3.8) is 0 Å². The third-order valence-corrected chi connectivity index (χ3v) is 3.85. The van der Waals surface area contributed by atoms with Gasteiger partial charge in [0.1, 0.15) is 12.2 Å². The molecule has 0 aliphatic rings. The number of carboxylic acids is 1. The summed E-state index contributed by atoms with van der Waals surface area (Å²) in [5.41, 5.74) is 2.90. The predicted octanol–water partition coefficient (Wildman–Crippen LogP) is 1.01. The molecule has 21 heavy (non-hydrogen) atoms. The molecular weight excluding hydrogens is 292 g/mol. The molecule has 0 aromatic carbocycles. The zero-order valence-corrected chi connectivity index (χ0v) is 12.0. The predicted molar refractivity (Wildman–Crippen MR) is 74.9 cm³/mol. The van der Waals surface area contributed by atoms with Gasteiger partial charge < -0.3 is 9.51 Å². The number of fused-ring (bicyclic) bond motifs is 1. The molecule has 0 saturated carbocycles. The summed E-state index contributed by atoms with van der Waals surface area (Å²) in [7, 11) is 0. The van der Waals surface area contributed by atoms with Crippen molar-refractivity contribution >= 4 is 23.4 Å². The monoisotopic (exact) mass is 304 g/mol. The van der Waals surface area contributed by atoms with E-state index in [2.05, 4.69) is 20.5 Å². The van der Waals surface area contributed by atoms with Gasteiger partial charge in [0.05, 0.1) is 5.69 Å². The first-order chi connectivity index (χ1) is 10.1. The number of thioether (sulfide) groups is 1. The second-order valence-electron chi connectivity index (χ2n) is 4.46. The molecule has 0 aliphatic heterocycles. The maximum absolute atomic E-state index is 10.7. The van der Waals surface area contributed by atoms with Crippen molar-refractivity contribution in [2.75, 3.05) is 0 Å². The summed E-state index contributed by atoms with van der Waals surface area (Å²) in [5, 5.41) is 20.2. The Balaban J connectivity index is 1.76. The Labute approximate surface area is 123 Å². The number of tetrazole rings is 1. The van der Waals surface area contributed by atoms with Gasteiger partial charge in [0.2, 0.25) is 5.16 Å². The average Bonchev–Trinajstić information content (AvgIpc) is 3.03. The van der Waals surface area contributed by atoms with Crippen molar-refractivity contribution < 1.29 is 9.90 Å². The van der Waals surface area contributed by atoms with Gasteiger partial charge in [0.25, 0.3) is 0 Å². The van der Waals surface area contributed by atoms with Gasteiger partial charge in [0, 0.05) is 18.1 Å². The van der Waals surface area contributed by atoms with Gasteiger partial charge in [-0.3, -0.25) is 4.79 Å². The summed E-state index contributed by atoms with van der Waals surface area (Å²) >= 11 is 1.36. The molecule has 8 nitrogen and oxygen atoms in total. The minimum Gasteiger partial charge on any atom is -0.480 e. The van der Waals surface area contributed by atoms with Crippen LogP contribution in [0.5, 0.6) is 0 Å². The first-order valence-electron chi connectivity index (χ1n) is 6.17. The molecule has 9 heteroatoms. The highest BCUT2D eigenvalue weighted by Gasteiger charge is 2.11. The number of carbonyl (C=O) groups is 1. The Morgan fingerprint density at radius 3 is 3.10 bits per heavy atom. The van der Waals surface area contributed by atoms with E-state index in [1.807, 2.05) is 35.9 Å². The second kappa shape index (κ2) is 5.52. The van der Waals surface area contributed by atoms with Gasteiger partial charge in [0.15, 0.2) is 0 Å². The van der Waals surface area contributed by atoms with Crippen molar-refractivity contribution in [3.8, 4) is 0 Å². The number of imidazole rings is 1. The Morgan fingerprint density at radius 1 is 1.48 bits per heavy atom. The van der Waals surface area contributed by atoms with E-state index in [0.717, 1.165) is 16.9 Å². The molecule has 3 heterocycles. The SMILES string of the molecule is Cc1cccn2cc(CSc3nnnn3CC(=O)O)nc12. The summed E-state index contributed by atoms with van der Waals surface area (Å²) in [6.45, 7) is 1.76. The summed E-state index contributed by atoms with van der Waals surface area (Å²) in [6, 6.07) is 3.97. The largest absolute Gasteiger partial charge is 0.480 e. The van der Waals surface area contributed by atoms with Gasteiger partial charge in [-0.25, -0.2) is 9.67 Å². The molecule has 0 atom stereocenters. The Kier molecular flexibility index (Phi) is 3.57.